The molecule has 0 aliphatic carbocycles. The largest absolute Gasteiger partial charge is 0.465 e. The third kappa shape index (κ3) is 42.5. The van der Waals surface area contributed by atoms with Gasteiger partial charge in [-0.1, -0.05) is 156 Å². The van der Waals surface area contributed by atoms with Gasteiger partial charge >= 0.3 is 35.8 Å². The van der Waals surface area contributed by atoms with Gasteiger partial charge in [-0.05, 0) is 25.7 Å². The third-order valence-electron chi connectivity index (χ3n) is 10.9. The molecule has 0 aromatic carbocycles. The number of esters is 6. The first-order valence-corrected chi connectivity index (χ1v) is 25.4. The van der Waals surface area contributed by atoms with Gasteiger partial charge in [0.25, 0.3) is 0 Å². The maximum Gasteiger partial charge on any atom is 0.306 e. The molecule has 368 valence electrons. The second-order valence-corrected chi connectivity index (χ2v) is 17.3. The van der Waals surface area contributed by atoms with Crippen LogP contribution in [-0.2, 0) is 57.2 Å². The van der Waals surface area contributed by atoms with Crippen LogP contribution >= 0.6 is 0 Å². The van der Waals surface area contributed by atoms with Gasteiger partial charge in [-0.3, -0.25) is 28.8 Å². The van der Waals surface area contributed by atoms with Crippen LogP contribution in [0, 0.1) is 11.8 Å². The minimum absolute atomic E-state index is 0.0321. The summed E-state index contributed by atoms with van der Waals surface area (Å²) < 4.78 is 32.8. The molecule has 0 fully saturated rings. The Balaban J connectivity index is 4.77. The minimum Gasteiger partial charge on any atom is -0.465 e. The van der Waals surface area contributed by atoms with E-state index in [1.165, 1.54) is 25.7 Å². The van der Waals surface area contributed by atoms with Crippen molar-refractivity contribution >= 4 is 35.8 Å². The van der Waals surface area contributed by atoms with Gasteiger partial charge in [0, 0.05) is 37.5 Å². The number of ether oxygens (including phenoxy) is 6. The summed E-state index contributed by atoms with van der Waals surface area (Å²) in [6.07, 6.45) is 26.5. The molecule has 0 saturated heterocycles. The molecule has 0 aliphatic heterocycles. The molecule has 0 saturated carbocycles. The van der Waals surface area contributed by atoms with Crippen LogP contribution in [0.5, 0.6) is 0 Å². The summed E-state index contributed by atoms with van der Waals surface area (Å²) in [6.45, 7) is 9.62. The molecule has 0 heterocycles. The standard InChI is InChI=1S/C50H91NO12/c1-5-9-13-17-21-25-29-45(52)60-39-43(40-61-46(53)30-26-22-18-14-10-6-2)37-49(56)58-35-33-51-34-36-59-50(57)38-44(41-62-47(54)31-27-23-19-15-11-7-3)42-63-48(55)32-28-24-20-16-12-8-4/h43-44,51H,5-42H2,1-4H3/p+1. The predicted molar refractivity (Wildman–Crippen MR) is 246 cm³/mol. The Labute approximate surface area is 382 Å². The second kappa shape index (κ2) is 45.4. The maximum atomic E-state index is 12.8. The Hall–Kier alpha value is -3.22. The van der Waals surface area contributed by atoms with Gasteiger partial charge in [-0.15, -0.1) is 0 Å². The van der Waals surface area contributed by atoms with E-state index in [4.69, 9.17) is 28.4 Å². The Kier molecular flexibility index (Phi) is 43.0. The fourth-order valence-corrected chi connectivity index (χ4v) is 6.91. The normalized spacial score (nSPS) is 11.1. The zero-order valence-electron chi connectivity index (χ0n) is 40.5. The van der Waals surface area contributed by atoms with Gasteiger partial charge in [0.15, 0.2) is 0 Å². The van der Waals surface area contributed by atoms with Crippen molar-refractivity contribution in [2.75, 3.05) is 52.7 Å². The Morgan fingerprint density at radius 2 is 0.556 bits per heavy atom. The van der Waals surface area contributed by atoms with Crippen molar-refractivity contribution < 1.29 is 62.5 Å². The molecule has 0 rings (SSSR count). The fraction of sp³-hybridized carbons (Fsp3) is 0.880. The molecule has 0 aromatic heterocycles. The molecular formula is C50H92NO12+. The first-order valence-electron chi connectivity index (χ1n) is 25.4. The van der Waals surface area contributed by atoms with Crippen molar-refractivity contribution in [2.45, 2.75) is 220 Å². The highest BCUT2D eigenvalue weighted by molar-refractivity contribution is 5.72. The van der Waals surface area contributed by atoms with Crippen LogP contribution in [0.25, 0.3) is 0 Å². The highest BCUT2D eigenvalue weighted by atomic mass is 16.6. The van der Waals surface area contributed by atoms with Crippen molar-refractivity contribution in [3.8, 4) is 0 Å². The molecule has 2 N–H and O–H groups in total. The Bertz CT molecular complexity index is 998. The number of carbonyl (C=O) groups is 6. The zero-order chi connectivity index (χ0) is 46.4. The number of hydrogen-bond acceptors (Lipinski definition) is 12. The van der Waals surface area contributed by atoms with Crippen LogP contribution in [0.4, 0.5) is 0 Å². The number of hydrogen-bond donors (Lipinski definition) is 1. The van der Waals surface area contributed by atoms with Crippen LogP contribution in [0.1, 0.15) is 220 Å². The summed E-state index contributed by atoms with van der Waals surface area (Å²) >= 11 is 0. The smallest absolute Gasteiger partial charge is 0.306 e. The summed E-state index contributed by atoms with van der Waals surface area (Å²) in [5.74, 6) is -3.28. The van der Waals surface area contributed by atoms with E-state index in [0.29, 0.717) is 38.8 Å². The second-order valence-electron chi connectivity index (χ2n) is 17.3. The SMILES string of the molecule is CCCCCCCCC(=O)OCC(COC(=O)CCCCCCCC)CC(=O)OCC[NH2+]CCOC(=O)CC(COC(=O)CCCCCCCC)COC(=O)CCCCCCCC. The van der Waals surface area contributed by atoms with E-state index in [1.54, 1.807) is 0 Å². The van der Waals surface area contributed by atoms with Crippen LogP contribution in [0.2, 0.25) is 0 Å². The van der Waals surface area contributed by atoms with Gasteiger partial charge in [0.2, 0.25) is 0 Å². The average molecular weight is 899 g/mol. The van der Waals surface area contributed by atoms with Gasteiger partial charge < -0.3 is 33.7 Å². The maximum absolute atomic E-state index is 12.8. The molecule has 0 atom stereocenters. The fourth-order valence-electron chi connectivity index (χ4n) is 6.91. The lowest BCUT2D eigenvalue weighted by Crippen LogP contribution is -2.86. The van der Waals surface area contributed by atoms with Crippen molar-refractivity contribution in [3.63, 3.8) is 0 Å². The van der Waals surface area contributed by atoms with Gasteiger partial charge in [-0.25, -0.2) is 0 Å². The first-order chi connectivity index (χ1) is 30.6. The lowest BCUT2D eigenvalue weighted by Gasteiger charge is -2.17. The molecule has 0 unspecified atom stereocenters. The molecular weight excluding hydrogens is 807 g/mol. The zero-order valence-corrected chi connectivity index (χ0v) is 40.5. The van der Waals surface area contributed by atoms with E-state index >= 15 is 0 Å². The summed E-state index contributed by atoms with van der Waals surface area (Å²) in [7, 11) is 0. The number of carbonyl (C=O) groups excluding carboxylic acids is 6. The topological polar surface area (TPSA) is 174 Å². The number of nitrogens with two attached hydrogens (primary N) is 1. The Morgan fingerprint density at radius 1 is 0.317 bits per heavy atom. The summed E-state index contributed by atoms with van der Waals surface area (Å²) in [5.41, 5.74) is 0. The van der Waals surface area contributed by atoms with E-state index in [9.17, 15) is 28.8 Å². The quantitative estimate of drug-likeness (QED) is 0.0349. The summed E-state index contributed by atoms with van der Waals surface area (Å²) in [4.78, 5) is 75.2. The van der Waals surface area contributed by atoms with E-state index in [1.807, 2.05) is 5.32 Å². The average Bonchev–Trinajstić information content (AvgIpc) is 3.27. The molecule has 13 nitrogen and oxygen atoms in total. The van der Waals surface area contributed by atoms with Crippen molar-refractivity contribution in [1.82, 2.24) is 0 Å². The van der Waals surface area contributed by atoms with E-state index < -0.39 is 23.8 Å². The summed E-state index contributed by atoms with van der Waals surface area (Å²) in [6, 6.07) is 0. The van der Waals surface area contributed by atoms with Crippen LogP contribution in [0.3, 0.4) is 0 Å². The molecule has 0 spiro atoms. The number of quaternary nitrogens is 1. The molecule has 0 bridgehead atoms. The summed E-state index contributed by atoms with van der Waals surface area (Å²) in [5, 5.41) is 1.86. The van der Waals surface area contributed by atoms with Gasteiger partial charge in [0.05, 0.1) is 39.3 Å². The third-order valence-corrected chi connectivity index (χ3v) is 10.9. The molecule has 0 radical (unpaired) electrons. The van der Waals surface area contributed by atoms with Crippen LogP contribution in [-0.4, -0.2) is 88.5 Å². The molecule has 0 amide bonds. The minimum atomic E-state index is -0.514. The van der Waals surface area contributed by atoms with Crippen molar-refractivity contribution in [3.05, 3.63) is 0 Å². The lowest BCUT2D eigenvalue weighted by atomic mass is 10.1. The van der Waals surface area contributed by atoms with Gasteiger partial charge in [0.1, 0.15) is 26.3 Å². The Morgan fingerprint density at radius 3 is 0.810 bits per heavy atom. The predicted octanol–water partition coefficient (Wildman–Crippen LogP) is 9.82. The number of rotatable bonds is 46. The monoisotopic (exact) mass is 899 g/mol. The first kappa shape index (κ1) is 59.8. The van der Waals surface area contributed by atoms with Crippen molar-refractivity contribution in [1.29, 1.82) is 0 Å². The highest BCUT2D eigenvalue weighted by Gasteiger charge is 2.22. The van der Waals surface area contributed by atoms with E-state index in [-0.39, 0.29) is 76.4 Å². The molecule has 0 aliphatic rings. The molecule has 0 aromatic rings. The molecule has 13 heteroatoms. The highest BCUT2D eigenvalue weighted by Crippen LogP contribution is 2.15. The van der Waals surface area contributed by atoms with Crippen LogP contribution < -0.4 is 5.32 Å². The number of unbranched alkanes of at least 4 members (excludes halogenated alkanes) is 20. The molecule has 63 heavy (non-hydrogen) atoms. The van der Waals surface area contributed by atoms with Gasteiger partial charge in [-0.2, -0.15) is 0 Å². The van der Waals surface area contributed by atoms with Crippen molar-refractivity contribution in [2.24, 2.45) is 11.8 Å². The van der Waals surface area contributed by atoms with E-state index in [2.05, 4.69) is 27.7 Å². The van der Waals surface area contributed by atoms with E-state index in [0.717, 1.165) is 128 Å². The van der Waals surface area contributed by atoms with Crippen LogP contribution in [0.15, 0.2) is 0 Å². The lowest BCUT2D eigenvalue weighted by molar-refractivity contribution is -0.656.